The number of nitrogens with one attached hydrogen (secondary N) is 1. The minimum absolute atomic E-state index is 0.795. The zero-order chi connectivity index (χ0) is 14.8. The number of aldehydes is 1. The summed E-state index contributed by atoms with van der Waals surface area (Å²) in [6, 6.07) is 4.96. The fraction of sp³-hybridized carbons (Fsp3) is 0.611. The highest BCUT2D eigenvalue weighted by Crippen LogP contribution is 2.26. The summed E-state index contributed by atoms with van der Waals surface area (Å²) in [6.45, 7) is 9.08. The third-order valence-corrected chi connectivity index (χ3v) is 5.30. The van der Waals surface area contributed by atoms with E-state index < -0.39 is 0 Å². The summed E-state index contributed by atoms with van der Waals surface area (Å²) >= 11 is 0. The van der Waals surface area contributed by atoms with Gasteiger partial charge in [-0.25, -0.2) is 0 Å². The van der Waals surface area contributed by atoms with E-state index >= 15 is 0 Å². The number of aryl methyl sites for hydroxylation is 2. The Morgan fingerprint density at radius 2 is 1.67 bits per heavy atom. The number of hydrogen-bond donors (Lipinski definition) is 1. The number of rotatable bonds is 3. The van der Waals surface area contributed by atoms with Crippen LogP contribution in [0.2, 0.25) is 0 Å². The van der Waals surface area contributed by atoms with Gasteiger partial charge < -0.3 is 9.80 Å². The quantitative estimate of drug-likeness (QED) is 0.857. The van der Waals surface area contributed by atoms with Crippen molar-refractivity contribution in [2.45, 2.75) is 45.6 Å². The second kappa shape index (κ2) is 6.18. The molecule has 0 bridgehead atoms. The molecule has 2 aliphatic rings. The first-order valence-corrected chi connectivity index (χ1v) is 8.35. The summed E-state index contributed by atoms with van der Waals surface area (Å²) in [7, 11) is 0. The van der Waals surface area contributed by atoms with Crippen LogP contribution >= 0.6 is 0 Å². The Kier molecular flexibility index (Phi) is 4.29. The fourth-order valence-corrected chi connectivity index (χ4v) is 4.32. The SMILES string of the molecule is Cc1cc(C=O)cc(C)c1N1CC[NH+](C2CCCC2)CC1. The summed E-state index contributed by atoms with van der Waals surface area (Å²) in [6.07, 6.45) is 6.68. The van der Waals surface area contributed by atoms with Crippen molar-refractivity contribution >= 4 is 12.0 Å². The number of piperazine rings is 1. The number of anilines is 1. The van der Waals surface area contributed by atoms with Crippen molar-refractivity contribution in [1.82, 2.24) is 0 Å². The highest BCUT2D eigenvalue weighted by molar-refractivity contribution is 5.78. The molecule has 3 nitrogen and oxygen atoms in total. The molecule has 1 aliphatic heterocycles. The molecule has 21 heavy (non-hydrogen) atoms. The first-order chi connectivity index (χ1) is 10.2. The van der Waals surface area contributed by atoms with Crippen LogP contribution in [0.5, 0.6) is 0 Å². The van der Waals surface area contributed by atoms with Crippen LogP contribution < -0.4 is 9.80 Å². The van der Waals surface area contributed by atoms with Gasteiger partial charge in [0.05, 0.1) is 32.2 Å². The average molecular weight is 287 g/mol. The molecule has 0 atom stereocenters. The summed E-state index contributed by atoms with van der Waals surface area (Å²) in [4.78, 5) is 15.3. The maximum atomic E-state index is 11.0. The third-order valence-electron chi connectivity index (χ3n) is 5.30. The number of carbonyl (C=O) groups is 1. The summed E-state index contributed by atoms with van der Waals surface area (Å²) < 4.78 is 0. The summed E-state index contributed by atoms with van der Waals surface area (Å²) in [5, 5.41) is 0. The largest absolute Gasteiger partial charge is 0.360 e. The molecule has 3 rings (SSSR count). The van der Waals surface area contributed by atoms with Crippen molar-refractivity contribution in [3.05, 3.63) is 28.8 Å². The Labute approximate surface area is 127 Å². The van der Waals surface area contributed by atoms with Crippen molar-refractivity contribution in [3.63, 3.8) is 0 Å². The molecule has 114 valence electrons. The smallest absolute Gasteiger partial charge is 0.150 e. The van der Waals surface area contributed by atoms with Crippen LogP contribution in [0.3, 0.4) is 0 Å². The molecule has 1 N–H and O–H groups in total. The Bertz CT molecular complexity index is 489. The average Bonchev–Trinajstić information content (AvgIpc) is 3.01. The fourth-order valence-electron chi connectivity index (χ4n) is 4.32. The van der Waals surface area contributed by atoms with Gasteiger partial charge in [-0.05, 0) is 62.8 Å². The van der Waals surface area contributed by atoms with Crippen LogP contribution in [-0.2, 0) is 0 Å². The lowest BCUT2D eigenvalue weighted by Gasteiger charge is -2.37. The van der Waals surface area contributed by atoms with Gasteiger partial charge in [-0.15, -0.1) is 0 Å². The minimum atomic E-state index is 0.795. The van der Waals surface area contributed by atoms with Crippen molar-refractivity contribution in [2.75, 3.05) is 31.1 Å². The Morgan fingerprint density at radius 1 is 1.10 bits per heavy atom. The van der Waals surface area contributed by atoms with E-state index in [0.717, 1.165) is 31.0 Å². The van der Waals surface area contributed by atoms with Gasteiger partial charge in [-0.3, -0.25) is 4.79 Å². The molecule has 0 aromatic heterocycles. The van der Waals surface area contributed by atoms with Crippen molar-refractivity contribution in [1.29, 1.82) is 0 Å². The van der Waals surface area contributed by atoms with Gasteiger partial charge in [0.15, 0.2) is 0 Å². The number of carbonyl (C=O) groups excluding carboxylic acids is 1. The maximum absolute atomic E-state index is 11.0. The minimum Gasteiger partial charge on any atom is -0.360 e. The molecule has 1 saturated heterocycles. The molecule has 1 aromatic rings. The lowest BCUT2D eigenvalue weighted by molar-refractivity contribution is -0.925. The van der Waals surface area contributed by atoms with Crippen LogP contribution in [0.1, 0.15) is 47.2 Å². The van der Waals surface area contributed by atoms with Crippen molar-refractivity contribution < 1.29 is 9.69 Å². The first kappa shape index (κ1) is 14.6. The van der Waals surface area contributed by atoms with E-state index in [0.29, 0.717) is 0 Å². The van der Waals surface area contributed by atoms with E-state index in [2.05, 4.69) is 18.7 Å². The van der Waals surface area contributed by atoms with Crippen molar-refractivity contribution in [3.8, 4) is 0 Å². The van der Waals surface area contributed by atoms with E-state index in [1.54, 1.807) is 0 Å². The number of nitrogens with zero attached hydrogens (tertiary/aromatic N) is 1. The first-order valence-electron chi connectivity index (χ1n) is 8.35. The van der Waals surface area contributed by atoms with Crippen LogP contribution in [0.4, 0.5) is 5.69 Å². The predicted molar refractivity (Wildman–Crippen MR) is 86.5 cm³/mol. The van der Waals surface area contributed by atoms with Gasteiger partial charge in [0.25, 0.3) is 0 Å². The topological polar surface area (TPSA) is 24.8 Å². The van der Waals surface area contributed by atoms with E-state index in [9.17, 15) is 4.79 Å². The lowest BCUT2D eigenvalue weighted by atomic mass is 10.0. The highest BCUT2D eigenvalue weighted by Gasteiger charge is 2.30. The van der Waals surface area contributed by atoms with Gasteiger partial charge in [-0.2, -0.15) is 0 Å². The zero-order valence-electron chi connectivity index (χ0n) is 13.3. The third kappa shape index (κ3) is 2.98. The molecule has 2 fully saturated rings. The Hall–Kier alpha value is -1.35. The van der Waals surface area contributed by atoms with Gasteiger partial charge in [0, 0.05) is 11.3 Å². The molecule has 0 unspecified atom stereocenters. The van der Waals surface area contributed by atoms with Gasteiger partial charge >= 0.3 is 0 Å². The number of benzene rings is 1. The molecule has 0 spiro atoms. The molecular formula is C18H27N2O+. The second-order valence-corrected chi connectivity index (χ2v) is 6.75. The predicted octanol–water partition coefficient (Wildman–Crippen LogP) is 1.76. The van der Waals surface area contributed by atoms with Crippen LogP contribution in [0, 0.1) is 13.8 Å². The molecule has 3 heteroatoms. The van der Waals surface area contributed by atoms with Gasteiger partial charge in [0.1, 0.15) is 6.29 Å². The Morgan fingerprint density at radius 3 is 2.19 bits per heavy atom. The normalized spacial score (nSPS) is 21.0. The second-order valence-electron chi connectivity index (χ2n) is 6.75. The number of hydrogen-bond acceptors (Lipinski definition) is 2. The monoisotopic (exact) mass is 287 g/mol. The van der Waals surface area contributed by atoms with Crippen LogP contribution in [0.25, 0.3) is 0 Å². The molecule has 0 amide bonds. The van der Waals surface area contributed by atoms with E-state index in [4.69, 9.17) is 0 Å². The molecule has 0 radical (unpaired) electrons. The standard InChI is InChI=1S/C18H26N2O/c1-14-11-16(13-21)12-15(2)18(14)20-9-7-19(8-10-20)17-5-3-4-6-17/h11-13,17H,3-10H2,1-2H3/p+1. The molecule has 1 aliphatic carbocycles. The van der Waals surface area contributed by atoms with E-state index in [1.165, 1.54) is 55.6 Å². The van der Waals surface area contributed by atoms with E-state index in [-0.39, 0.29) is 0 Å². The van der Waals surface area contributed by atoms with Crippen LogP contribution in [0.15, 0.2) is 12.1 Å². The maximum Gasteiger partial charge on any atom is 0.150 e. The lowest BCUT2D eigenvalue weighted by Crippen LogP contribution is -3.18. The Balaban J connectivity index is 1.70. The summed E-state index contributed by atoms with van der Waals surface area (Å²) in [5.74, 6) is 0. The van der Waals surface area contributed by atoms with E-state index in [1.807, 2.05) is 17.0 Å². The molecule has 1 saturated carbocycles. The van der Waals surface area contributed by atoms with Crippen LogP contribution in [-0.4, -0.2) is 38.5 Å². The van der Waals surface area contributed by atoms with Gasteiger partial charge in [0.2, 0.25) is 0 Å². The number of quaternary nitrogens is 1. The highest BCUT2D eigenvalue weighted by atomic mass is 16.1. The molecule has 1 heterocycles. The van der Waals surface area contributed by atoms with Gasteiger partial charge in [-0.1, -0.05) is 0 Å². The molecular weight excluding hydrogens is 260 g/mol. The van der Waals surface area contributed by atoms with Crippen molar-refractivity contribution in [2.24, 2.45) is 0 Å². The molecule has 1 aromatic carbocycles. The zero-order valence-corrected chi connectivity index (χ0v) is 13.3. The summed E-state index contributed by atoms with van der Waals surface area (Å²) in [5.41, 5.74) is 4.62.